The topological polar surface area (TPSA) is 38.3 Å². The molecule has 3 nitrogen and oxygen atoms in total. The van der Waals surface area contributed by atoms with Crippen molar-refractivity contribution in [2.75, 3.05) is 6.73 Å². The van der Waals surface area contributed by atoms with E-state index in [-0.39, 0.29) is 5.97 Å². The molecule has 0 aromatic heterocycles. The second-order valence-electron chi connectivity index (χ2n) is 3.42. The molecule has 0 atom stereocenters. The summed E-state index contributed by atoms with van der Waals surface area (Å²) in [4.78, 5) is 11.4. The van der Waals surface area contributed by atoms with Gasteiger partial charge in [0.2, 0.25) is 0 Å². The molecule has 1 aromatic carbocycles. The van der Waals surface area contributed by atoms with Gasteiger partial charge in [-0.25, -0.2) is 4.79 Å². The number of hydrogen-bond donors (Lipinski definition) is 1. The summed E-state index contributed by atoms with van der Waals surface area (Å²) in [5.41, 5.74) is 0.602. The minimum absolute atomic E-state index is 0.265. The first-order chi connectivity index (χ1) is 6.86. The van der Waals surface area contributed by atoms with E-state index in [0.29, 0.717) is 18.3 Å². The number of esters is 1. The Morgan fingerprint density at radius 3 is 2.71 bits per heavy atom. The van der Waals surface area contributed by atoms with E-state index in [9.17, 15) is 4.79 Å². The van der Waals surface area contributed by atoms with Gasteiger partial charge in [-0.3, -0.25) is 5.32 Å². The van der Waals surface area contributed by atoms with Crippen LogP contribution in [0.1, 0.15) is 23.2 Å². The molecule has 14 heavy (non-hydrogen) atoms. The molecule has 1 aliphatic rings. The van der Waals surface area contributed by atoms with Gasteiger partial charge in [0, 0.05) is 6.04 Å². The van der Waals surface area contributed by atoms with Crippen LogP contribution in [0.25, 0.3) is 0 Å². The average molecular weight is 191 g/mol. The zero-order valence-corrected chi connectivity index (χ0v) is 7.90. The van der Waals surface area contributed by atoms with Crippen molar-refractivity contribution in [3.8, 4) is 0 Å². The van der Waals surface area contributed by atoms with Crippen molar-refractivity contribution in [1.29, 1.82) is 0 Å². The van der Waals surface area contributed by atoms with Gasteiger partial charge < -0.3 is 4.74 Å². The molecule has 1 saturated carbocycles. The Morgan fingerprint density at radius 2 is 2.07 bits per heavy atom. The zero-order chi connectivity index (χ0) is 9.80. The summed E-state index contributed by atoms with van der Waals surface area (Å²) in [6.07, 6.45) is 2.39. The lowest BCUT2D eigenvalue weighted by Crippen LogP contribution is -2.22. The third-order valence-corrected chi connectivity index (χ3v) is 2.16. The first-order valence-electron chi connectivity index (χ1n) is 4.82. The highest BCUT2D eigenvalue weighted by molar-refractivity contribution is 5.89. The van der Waals surface area contributed by atoms with Gasteiger partial charge in [-0.1, -0.05) is 18.2 Å². The second-order valence-corrected chi connectivity index (χ2v) is 3.42. The summed E-state index contributed by atoms with van der Waals surface area (Å²) in [6.45, 7) is 0.318. The van der Waals surface area contributed by atoms with E-state index in [1.54, 1.807) is 12.1 Å². The molecule has 0 heterocycles. The number of benzene rings is 1. The first kappa shape index (κ1) is 9.21. The van der Waals surface area contributed by atoms with Gasteiger partial charge in [0.15, 0.2) is 0 Å². The minimum atomic E-state index is -0.265. The van der Waals surface area contributed by atoms with Crippen LogP contribution in [0.15, 0.2) is 30.3 Å². The van der Waals surface area contributed by atoms with E-state index < -0.39 is 0 Å². The molecular formula is C11H13NO2. The SMILES string of the molecule is O=C(OCNC1CC1)c1ccccc1. The maximum Gasteiger partial charge on any atom is 0.339 e. The van der Waals surface area contributed by atoms with Crippen molar-refractivity contribution >= 4 is 5.97 Å². The zero-order valence-electron chi connectivity index (χ0n) is 7.90. The van der Waals surface area contributed by atoms with Crippen LogP contribution < -0.4 is 5.32 Å². The predicted octanol–water partition coefficient (Wildman–Crippen LogP) is 1.55. The van der Waals surface area contributed by atoms with Crippen LogP contribution in [-0.2, 0) is 4.74 Å². The van der Waals surface area contributed by atoms with E-state index in [2.05, 4.69) is 5.32 Å². The Bertz CT molecular complexity index is 306. The van der Waals surface area contributed by atoms with Crippen LogP contribution in [0.5, 0.6) is 0 Å². The molecule has 3 heteroatoms. The Hall–Kier alpha value is -1.35. The predicted molar refractivity (Wildman–Crippen MR) is 52.9 cm³/mol. The fourth-order valence-corrected chi connectivity index (χ4v) is 1.17. The quantitative estimate of drug-likeness (QED) is 0.579. The van der Waals surface area contributed by atoms with Gasteiger partial charge in [-0.15, -0.1) is 0 Å². The largest absolute Gasteiger partial charge is 0.446 e. The lowest BCUT2D eigenvalue weighted by Gasteiger charge is -2.04. The summed E-state index contributed by atoms with van der Waals surface area (Å²) >= 11 is 0. The summed E-state index contributed by atoms with van der Waals surface area (Å²) in [7, 11) is 0. The molecule has 2 rings (SSSR count). The van der Waals surface area contributed by atoms with Crippen LogP contribution in [0.2, 0.25) is 0 Å². The van der Waals surface area contributed by atoms with Crippen molar-refractivity contribution in [2.45, 2.75) is 18.9 Å². The number of carbonyl (C=O) groups excluding carboxylic acids is 1. The second kappa shape index (κ2) is 4.24. The van der Waals surface area contributed by atoms with Crippen LogP contribution in [0, 0.1) is 0 Å². The van der Waals surface area contributed by atoms with Gasteiger partial charge in [-0.2, -0.15) is 0 Å². The van der Waals surface area contributed by atoms with Crippen molar-refractivity contribution in [3.05, 3.63) is 35.9 Å². The summed E-state index contributed by atoms with van der Waals surface area (Å²) in [5.74, 6) is -0.265. The Balaban J connectivity index is 1.77. The molecule has 74 valence electrons. The number of hydrogen-bond acceptors (Lipinski definition) is 3. The normalized spacial score (nSPS) is 15.1. The Kier molecular flexibility index (Phi) is 2.79. The molecule has 0 bridgehead atoms. The molecule has 0 aliphatic heterocycles. The molecular weight excluding hydrogens is 178 g/mol. The van der Waals surface area contributed by atoms with Gasteiger partial charge in [0.1, 0.15) is 6.73 Å². The van der Waals surface area contributed by atoms with Crippen LogP contribution in [0.3, 0.4) is 0 Å². The fourth-order valence-electron chi connectivity index (χ4n) is 1.17. The number of ether oxygens (including phenoxy) is 1. The van der Waals surface area contributed by atoms with E-state index in [1.165, 1.54) is 12.8 Å². The van der Waals surface area contributed by atoms with Crippen molar-refractivity contribution in [2.24, 2.45) is 0 Å². The smallest absolute Gasteiger partial charge is 0.339 e. The first-order valence-corrected chi connectivity index (χ1v) is 4.82. The molecule has 0 amide bonds. The third kappa shape index (κ3) is 2.57. The van der Waals surface area contributed by atoms with Gasteiger partial charge in [0.25, 0.3) is 0 Å². The average Bonchev–Trinajstić information content (AvgIpc) is 3.03. The molecule has 0 radical (unpaired) electrons. The van der Waals surface area contributed by atoms with E-state index in [0.717, 1.165) is 0 Å². The number of carbonyl (C=O) groups is 1. The standard InChI is InChI=1S/C11H13NO2/c13-11(9-4-2-1-3-5-9)14-8-12-10-6-7-10/h1-5,10,12H,6-8H2. The van der Waals surface area contributed by atoms with Crippen LogP contribution >= 0.6 is 0 Å². The maximum atomic E-state index is 11.4. The van der Waals surface area contributed by atoms with Gasteiger partial charge in [-0.05, 0) is 25.0 Å². The summed E-state index contributed by atoms with van der Waals surface area (Å²) in [6, 6.07) is 9.59. The van der Waals surface area contributed by atoms with Crippen LogP contribution in [-0.4, -0.2) is 18.7 Å². The van der Waals surface area contributed by atoms with Crippen molar-refractivity contribution in [1.82, 2.24) is 5.32 Å². The molecule has 0 saturated heterocycles. The maximum absolute atomic E-state index is 11.4. The fraction of sp³-hybridized carbons (Fsp3) is 0.364. The van der Waals surface area contributed by atoms with Crippen LogP contribution in [0.4, 0.5) is 0 Å². The van der Waals surface area contributed by atoms with Crippen molar-refractivity contribution < 1.29 is 9.53 Å². The van der Waals surface area contributed by atoms with E-state index in [1.807, 2.05) is 18.2 Å². The molecule has 1 aromatic rings. The molecule has 1 aliphatic carbocycles. The number of nitrogens with one attached hydrogen (secondary N) is 1. The van der Waals surface area contributed by atoms with Gasteiger partial charge in [0.05, 0.1) is 5.56 Å². The molecule has 1 fully saturated rings. The monoisotopic (exact) mass is 191 g/mol. The molecule has 0 spiro atoms. The summed E-state index contributed by atoms with van der Waals surface area (Å²) < 4.78 is 5.03. The highest BCUT2D eigenvalue weighted by Crippen LogP contribution is 2.18. The lowest BCUT2D eigenvalue weighted by molar-refractivity contribution is 0.0470. The minimum Gasteiger partial charge on any atom is -0.446 e. The molecule has 1 N–H and O–H groups in total. The van der Waals surface area contributed by atoms with E-state index >= 15 is 0 Å². The Labute approximate surface area is 83.1 Å². The number of rotatable bonds is 4. The van der Waals surface area contributed by atoms with E-state index in [4.69, 9.17) is 4.74 Å². The third-order valence-electron chi connectivity index (χ3n) is 2.16. The lowest BCUT2D eigenvalue weighted by atomic mass is 10.2. The Morgan fingerprint density at radius 1 is 1.36 bits per heavy atom. The highest BCUT2D eigenvalue weighted by Gasteiger charge is 2.20. The van der Waals surface area contributed by atoms with Crippen molar-refractivity contribution in [3.63, 3.8) is 0 Å². The highest BCUT2D eigenvalue weighted by atomic mass is 16.5. The molecule has 0 unspecified atom stereocenters. The van der Waals surface area contributed by atoms with Gasteiger partial charge >= 0.3 is 5.97 Å². The summed E-state index contributed by atoms with van der Waals surface area (Å²) in [5, 5.41) is 3.11.